The Morgan fingerprint density at radius 3 is 2.47 bits per heavy atom. The molecule has 2 atom stereocenters. The Morgan fingerprint density at radius 1 is 1.16 bits per heavy atom. The first-order valence-corrected chi connectivity index (χ1v) is 11.4. The van der Waals surface area contributed by atoms with E-state index in [0.29, 0.717) is 35.3 Å². The third-order valence-electron chi connectivity index (χ3n) is 5.15. The third kappa shape index (κ3) is 4.04. The Hall–Kier alpha value is -3.09. The molecule has 3 aromatic rings. The number of rotatable bonds is 7. The molecule has 3 heterocycles. The molecule has 0 saturated carbocycles. The van der Waals surface area contributed by atoms with Gasteiger partial charge in [0, 0.05) is 6.61 Å². The van der Waals surface area contributed by atoms with E-state index >= 15 is 0 Å². The van der Waals surface area contributed by atoms with Crippen LogP contribution in [-0.2, 0) is 14.8 Å². The Labute approximate surface area is 185 Å². The summed E-state index contributed by atoms with van der Waals surface area (Å²) in [7, 11) is -1.11. The van der Waals surface area contributed by atoms with Gasteiger partial charge >= 0.3 is 0 Å². The maximum Gasteiger partial charge on any atom is 0.243 e. The van der Waals surface area contributed by atoms with Crippen LogP contribution in [0.15, 0.2) is 34.7 Å². The summed E-state index contributed by atoms with van der Waals surface area (Å²) >= 11 is 0. The lowest BCUT2D eigenvalue weighted by Crippen LogP contribution is -2.45. The Kier molecular flexibility index (Phi) is 6.09. The third-order valence-corrected chi connectivity index (χ3v) is 6.87. The normalized spacial score (nSPS) is 19.0. The molecule has 0 aliphatic carbocycles. The highest BCUT2D eigenvalue weighted by atomic mass is 32.2. The Morgan fingerprint density at radius 2 is 1.88 bits per heavy atom. The SMILES string of the molecule is COc1cccc(OC)c1-n1c(NS(=O)(=O)[C@H]2COCC[C@H]2O)nnc1-c1ccc(C)o1. The minimum absolute atomic E-state index is 0.116. The minimum Gasteiger partial charge on any atom is -0.494 e. The van der Waals surface area contributed by atoms with Crippen molar-refractivity contribution in [3.63, 3.8) is 0 Å². The second kappa shape index (κ2) is 8.81. The number of para-hydroxylation sites is 1. The number of furan rings is 1. The lowest BCUT2D eigenvalue weighted by atomic mass is 10.1. The van der Waals surface area contributed by atoms with Gasteiger partial charge in [-0.25, -0.2) is 8.42 Å². The van der Waals surface area contributed by atoms with E-state index in [1.54, 1.807) is 37.3 Å². The molecule has 1 aliphatic heterocycles. The standard InChI is InChI=1S/C20H24N4O7S/c1-12-7-8-16(31-12)19-21-22-20(23-32(26,27)17-11-30-10-9-13(17)25)24(19)18-14(28-2)5-4-6-15(18)29-3/h4-8,13,17,25H,9-11H2,1-3H3,(H,22,23)/t13-,17+/m1/s1. The number of nitrogens with one attached hydrogen (secondary N) is 1. The van der Waals surface area contributed by atoms with Crippen LogP contribution in [0.2, 0.25) is 0 Å². The number of hydrogen-bond donors (Lipinski definition) is 2. The van der Waals surface area contributed by atoms with Gasteiger partial charge in [-0.3, -0.25) is 9.29 Å². The summed E-state index contributed by atoms with van der Waals surface area (Å²) in [6, 6.07) is 8.60. The van der Waals surface area contributed by atoms with Crippen molar-refractivity contribution in [1.29, 1.82) is 0 Å². The van der Waals surface area contributed by atoms with Crippen LogP contribution in [0.25, 0.3) is 17.3 Å². The predicted octanol–water partition coefficient (Wildman–Crippen LogP) is 1.74. The highest BCUT2D eigenvalue weighted by Gasteiger charge is 2.37. The molecule has 2 N–H and O–H groups in total. The highest BCUT2D eigenvalue weighted by molar-refractivity contribution is 7.93. The maximum atomic E-state index is 13.1. The number of nitrogens with zero attached hydrogens (tertiary/aromatic N) is 3. The van der Waals surface area contributed by atoms with Crippen molar-refractivity contribution >= 4 is 16.0 Å². The largest absolute Gasteiger partial charge is 0.494 e. The van der Waals surface area contributed by atoms with Gasteiger partial charge in [-0.2, -0.15) is 0 Å². The van der Waals surface area contributed by atoms with Gasteiger partial charge in [-0.1, -0.05) is 6.07 Å². The van der Waals surface area contributed by atoms with E-state index in [4.69, 9.17) is 18.6 Å². The van der Waals surface area contributed by atoms with E-state index in [2.05, 4.69) is 14.9 Å². The molecule has 0 radical (unpaired) electrons. The van der Waals surface area contributed by atoms with E-state index in [-0.39, 0.29) is 24.8 Å². The zero-order chi connectivity index (χ0) is 22.9. The second-order valence-corrected chi connectivity index (χ2v) is 9.12. The van der Waals surface area contributed by atoms with Gasteiger partial charge in [0.2, 0.25) is 21.8 Å². The van der Waals surface area contributed by atoms with Gasteiger partial charge in [-0.15, -0.1) is 10.2 Å². The molecular weight excluding hydrogens is 440 g/mol. The average molecular weight is 465 g/mol. The van der Waals surface area contributed by atoms with Gasteiger partial charge < -0.3 is 23.7 Å². The number of methoxy groups -OCH3 is 2. The summed E-state index contributed by atoms with van der Waals surface area (Å²) < 4.78 is 52.1. The number of anilines is 1. The molecule has 0 spiro atoms. The first-order valence-electron chi connectivity index (χ1n) is 9.86. The molecule has 32 heavy (non-hydrogen) atoms. The fraction of sp³-hybridized carbons (Fsp3) is 0.400. The van der Waals surface area contributed by atoms with Crippen LogP contribution in [0, 0.1) is 6.92 Å². The fourth-order valence-electron chi connectivity index (χ4n) is 3.53. The van der Waals surface area contributed by atoms with Crippen molar-refractivity contribution in [1.82, 2.24) is 14.8 Å². The van der Waals surface area contributed by atoms with Crippen LogP contribution >= 0.6 is 0 Å². The first kappa shape index (κ1) is 22.1. The van der Waals surface area contributed by atoms with Crippen LogP contribution in [0.4, 0.5) is 5.95 Å². The number of aliphatic hydroxyl groups excluding tert-OH is 1. The van der Waals surface area contributed by atoms with Crippen molar-refractivity contribution in [3.8, 4) is 28.8 Å². The van der Waals surface area contributed by atoms with Crippen molar-refractivity contribution in [3.05, 3.63) is 36.1 Å². The van der Waals surface area contributed by atoms with E-state index in [1.165, 1.54) is 18.8 Å². The number of hydrogen-bond acceptors (Lipinski definition) is 9. The molecule has 172 valence electrons. The van der Waals surface area contributed by atoms with Crippen molar-refractivity contribution in [2.75, 3.05) is 32.2 Å². The monoisotopic (exact) mass is 464 g/mol. The molecule has 1 fully saturated rings. The molecule has 1 saturated heterocycles. The molecule has 4 rings (SSSR count). The van der Waals surface area contributed by atoms with E-state index in [0.717, 1.165) is 0 Å². The summed E-state index contributed by atoms with van der Waals surface area (Å²) in [6.07, 6.45) is -0.846. The molecular formula is C20H24N4O7S. The summed E-state index contributed by atoms with van der Waals surface area (Å²) in [5, 5.41) is 17.3. The Balaban J connectivity index is 1.88. The van der Waals surface area contributed by atoms with E-state index in [1.807, 2.05) is 0 Å². The summed E-state index contributed by atoms with van der Waals surface area (Å²) in [4.78, 5) is 0. The molecule has 0 unspecified atom stereocenters. The van der Waals surface area contributed by atoms with Gasteiger partial charge in [0.1, 0.15) is 28.2 Å². The number of aromatic nitrogens is 3. The topological polar surface area (TPSA) is 138 Å². The second-order valence-electron chi connectivity index (χ2n) is 7.22. The van der Waals surface area contributed by atoms with Gasteiger partial charge in [-0.05, 0) is 37.6 Å². The van der Waals surface area contributed by atoms with Crippen LogP contribution < -0.4 is 14.2 Å². The van der Waals surface area contributed by atoms with Crippen molar-refractivity contribution in [2.45, 2.75) is 24.7 Å². The molecule has 1 aliphatic rings. The average Bonchev–Trinajstić information content (AvgIpc) is 3.38. The number of aryl methyl sites for hydroxylation is 1. The lowest BCUT2D eigenvalue weighted by Gasteiger charge is -2.27. The Bertz CT molecular complexity index is 1180. The molecule has 0 amide bonds. The number of aliphatic hydroxyl groups is 1. The number of ether oxygens (including phenoxy) is 3. The minimum atomic E-state index is -4.08. The first-order chi connectivity index (χ1) is 15.4. The van der Waals surface area contributed by atoms with Gasteiger partial charge in [0.05, 0.1) is 26.9 Å². The van der Waals surface area contributed by atoms with Crippen LogP contribution in [0.3, 0.4) is 0 Å². The molecule has 1 aromatic carbocycles. The van der Waals surface area contributed by atoms with Crippen LogP contribution in [0.5, 0.6) is 11.5 Å². The fourth-order valence-corrected chi connectivity index (χ4v) is 4.89. The van der Waals surface area contributed by atoms with Crippen LogP contribution in [0.1, 0.15) is 12.2 Å². The van der Waals surface area contributed by atoms with Crippen molar-refractivity contribution < 1.29 is 32.2 Å². The zero-order valence-electron chi connectivity index (χ0n) is 17.8. The lowest BCUT2D eigenvalue weighted by molar-refractivity contribution is 0.0177. The van der Waals surface area contributed by atoms with Crippen molar-refractivity contribution in [2.24, 2.45) is 0 Å². The zero-order valence-corrected chi connectivity index (χ0v) is 18.6. The highest BCUT2D eigenvalue weighted by Crippen LogP contribution is 2.38. The maximum absolute atomic E-state index is 13.1. The number of benzene rings is 1. The molecule has 0 bridgehead atoms. The van der Waals surface area contributed by atoms with Gasteiger partial charge in [0.15, 0.2) is 5.76 Å². The summed E-state index contributed by atoms with van der Waals surface area (Å²) in [5.41, 5.74) is 0.379. The quantitative estimate of drug-likeness (QED) is 0.535. The molecule has 2 aromatic heterocycles. The molecule has 12 heteroatoms. The van der Waals surface area contributed by atoms with Crippen LogP contribution in [-0.4, -0.2) is 67.1 Å². The summed E-state index contributed by atoms with van der Waals surface area (Å²) in [6.45, 7) is 1.94. The molecule has 11 nitrogen and oxygen atoms in total. The predicted molar refractivity (Wildman–Crippen MR) is 115 cm³/mol. The van der Waals surface area contributed by atoms with E-state index < -0.39 is 21.4 Å². The van der Waals surface area contributed by atoms with Gasteiger partial charge in [0.25, 0.3) is 0 Å². The smallest absolute Gasteiger partial charge is 0.243 e. The van der Waals surface area contributed by atoms with E-state index in [9.17, 15) is 13.5 Å². The summed E-state index contributed by atoms with van der Waals surface area (Å²) in [5.74, 6) is 1.93. The number of sulfonamides is 1.